The normalized spacial score (nSPS) is 18.8. The van der Waals surface area contributed by atoms with Crippen LogP contribution < -0.4 is 0 Å². The summed E-state index contributed by atoms with van der Waals surface area (Å²) in [6, 6.07) is 5.74. The summed E-state index contributed by atoms with van der Waals surface area (Å²) in [5, 5.41) is 0. The number of fused-ring (bicyclic) bond motifs is 1. The Morgan fingerprint density at radius 2 is 2.35 bits per heavy atom. The third kappa shape index (κ3) is 2.13. The van der Waals surface area contributed by atoms with Gasteiger partial charge in [-0.05, 0) is 12.1 Å². The summed E-state index contributed by atoms with van der Waals surface area (Å²) < 4.78 is 6.64. The zero-order valence-corrected chi connectivity index (χ0v) is 11.2. The quantitative estimate of drug-likeness (QED) is 0.778. The molecule has 2 aromatic heterocycles. The summed E-state index contributed by atoms with van der Waals surface area (Å²) in [4.78, 5) is 29.4. The van der Waals surface area contributed by atoms with Crippen LogP contribution in [-0.2, 0) is 20.9 Å². The number of amides is 1. The van der Waals surface area contributed by atoms with Crippen molar-refractivity contribution in [3.05, 3.63) is 36.3 Å². The lowest BCUT2D eigenvalue weighted by Gasteiger charge is -2.15. The van der Waals surface area contributed by atoms with Gasteiger partial charge in [0.15, 0.2) is 0 Å². The number of carbonyl (C=O) groups is 2. The maximum absolute atomic E-state index is 12.0. The second kappa shape index (κ2) is 4.96. The molecular formula is C14H15N3O3. The second-order valence-corrected chi connectivity index (χ2v) is 4.88. The smallest absolute Gasteiger partial charge is 0.310 e. The molecule has 0 radical (unpaired) electrons. The predicted molar refractivity (Wildman–Crippen MR) is 70.7 cm³/mol. The Labute approximate surface area is 116 Å². The summed E-state index contributed by atoms with van der Waals surface area (Å²) >= 11 is 0. The number of methoxy groups -OCH3 is 1. The largest absolute Gasteiger partial charge is 0.469 e. The molecule has 1 saturated heterocycles. The Kier molecular flexibility index (Phi) is 3.14. The maximum Gasteiger partial charge on any atom is 0.310 e. The minimum atomic E-state index is -0.355. The lowest BCUT2D eigenvalue weighted by Crippen LogP contribution is -2.26. The Hall–Kier alpha value is -2.37. The number of nitrogens with zero attached hydrogens (tertiary/aromatic N) is 3. The number of rotatable bonds is 3. The highest BCUT2D eigenvalue weighted by atomic mass is 16.5. The van der Waals surface area contributed by atoms with Gasteiger partial charge in [0.25, 0.3) is 0 Å². The number of likely N-dealkylation sites (tertiary alicyclic amines) is 1. The summed E-state index contributed by atoms with van der Waals surface area (Å²) in [5.41, 5.74) is 1.78. The van der Waals surface area contributed by atoms with E-state index in [0.29, 0.717) is 13.1 Å². The number of esters is 1. The van der Waals surface area contributed by atoms with E-state index >= 15 is 0 Å². The molecule has 6 nitrogen and oxygen atoms in total. The number of pyridine rings is 1. The summed E-state index contributed by atoms with van der Waals surface area (Å²) in [6.45, 7) is 0.864. The van der Waals surface area contributed by atoms with Gasteiger partial charge in [-0.25, -0.2) is 4.98 Å². The van der Waals surface area contributed by atoms with E-state index in [1.165, 1.54) is 7.11 Å². The molecule has 1 aliphatic heterocycles. The Balaban J connectivity index is 1.78. The summed E-state index contributed by atoms with van der Waals surface area (Å²) in [7, 11) is 1.35. The fourth-order valence-electron chi connectivity index (χ4n) is 2.55. The summed E-state index contributed by atoms with van der Waals surface area (Å²) in [6.07, 6.45) is 3.90. The van der Waals surface area contributed by atoms with E-state index in [-0.39, 0.29) is 24.2 Å². The molecule has 1 atom stereocenters. The zero-order valence-electron chi connectivity index (χ0n) is 11.2. The molecule has 0 N–H and O–H groups in total. The first-order chi connectivity index (χ1) is 9.69. The van der Waals surface area contributed by atoms with E-state index in [2.05, 4.69) is 4.98 Å². The van der Waals surface area contributed by atoms with Crippen LogP contribution in [0.2, 0.25) is 0 Å². The van der Waals surface area contributed by atoms with Gasteiger partial charge in [0.1, 0.15) is 5.65 Å². The SMILES string of the molecule is COC(=O)C1CC(=O)N(Cc2cnc3ccccn23)C1. The first kappa shape index (κ1) is 12.7. The van der Waals surface area contributed by atoms with Gasteiger partial charge in [0.2, 0.25) is 5.91 Å². The van der Waals surface area contributed by atoms with Gasteiger partial charge in [-0.3, -0.25) is 9.59 Å². The van der Waals surface area contributed by atoms with E-state index in [4.69, 9.17) is 4.74 Å². The monoisotopic (exact) mass is 273 g/mol. The number of aromatic nitrogens is 2. The van der Waals surface area contributed by atoms with Gasteiger partial charge in [0, 0.05) is 19.2 Å². The van der Waals surface area contributed by atoms with Gasteiger partial charge >= 0.3 is 5.97 Å². The van der Waals surface area contributed by atoms with Crippen molar-refractivity contribution in [2.75, 3.05) is 13.7 Å². The molecule has 3 rings (SSSR count). The van der Waals surface area contributed by atoms with Crippen molar-refractivity contribution in [3.63, 3.8) is 0 Å². The first-order valence-electron chi connectivity index (χ1n) is 6.45. The van der Waals surface area contributed by atoms with Crippen LogP contribution in [0.3, 0.4) is 0 Å². The third-order valence-corrected chi connectivity index (χ3v) is 3.60. The minimum Gasteiger partial charge on any atom is -0.469 e. The van der Waals surface area contributed by atoms with E-state index in [1.807, 2.05) is 28.8 Å². The number of ether oxygens (including phenoxy) is 1. The predicted octanol–water partition coefficient (Wildman–Crippen LogP) is 0.856. The number of imidazole rings is 1. The zero-order chi connectivity index (χ0) is 14.1. The molecule has 0 saturated carbocycles. The van der Waals surface area contributed by atoms with Gasteiger partial charge < -0.3 is 14.0 Å². The highest BCUT2D eigenvalue weighted by molar-refractivity contribution is 5.86. The maximum atomic E-state index is 12.0. The van der Waals surface area contributed by atoms with Crippen LogP contribution in [-0.4, -0.2) is 39.8 Å². The topological polar surface area (TPSA) is 63.9 Å². The van der Waals surface area contributed by atoms with Crippen LogP contribution in [0.15, 0.2) is 30.6 Å². The molecule has 1 aliphatic rings. The van der Waals surface area contributed by atoms with Crippen molar-refractivity contribution in [3.8, 4) is 0 Å². The average molecular weight is 273 g/mol. The Morgan fingerprint density at radius 3 is 3.15 bits per heavy atom. The molecule has 1 unspecified atom stereocenters. The molecule has 0 bridgehead atoms. The fourth-order valence-corrected chi connectivity index (χ4v) is 2.55. The van der Waals surface area contributed by atoms with E-state index < -0.39 is 0 Å². The summed E-state index contributed by atoms with van der Waals surface area (Å²) in [5.74, 6) is -0.697. The van der Waals surface area contributed by atoms with Crippen molar-refractivity contribution < 1.29 is 14.3 Å². The highest BCUT2D eigenvalue weighted by Gasteiger charge is 2.35. The van der Waals surface area contributed by atoms with Crippen molar-refractivity contribution in [1.82, 2.24) is 14.3 Å². The molecule has 20 heavy (non-hydrogen) atoms. The molecular weight excluding hydrogens is 258 g/mol. The van der Waals surface area contributed by atoms with Crippen molar-refractivity contribution in [2.24, 2.45) is 5.92 Å². The van der Waals surface area contributed by atoms with Crippen molar-refractivity contribution >= 4 is 17.5 Å². The van der Waals surface area contributed by atoms with Crippen LogP contribution in [0, 0.1) is 5.92 Å². The van der Waals surface area contributed by atoms with Gasteiger partial charge in [-0.2, -0.15) is 0 Å². The van der Waals surface area contributed by atoms with Crippen molar-refractivity contribution in [2.45, 2.75) is 13.0 Å². The highest BCUT2D eigenvalue weighted by Crippen LogP contribution is 2.21. The number of carbonyl (C=O) groups excluding carboxylic acids is 2. The molecule has 104 valence electrons. The number of hydrogen-bond donors (Lipinski definition) is 0. The third-order valence-electron chi connectivity index (χ3n) is 3.60. The average Bonchev–Trinajstić information content (AvgIpc) is 3.04. The van der Waals surface area contributed by atoms with Gasteiger partial charge in [0.05, 0.1) is 31.5 Å². The molecule has 0 aromatic carbocycles. The Morgan fingerprint density at radius 1 is 1.50 bits per heavy atom. The number of hydrogen-bond acceptors (Lipinski definition) is 4. The molecule has 0 spiro atoms. The van der Waals surface area contributed by atoms with E-state index in [1.54, 1.807) is 11.1 Å². The molecule has 1 amide bonds. The standard InChI is InChI=1S/C14H15N3O3/c1-20-14(19)10-6-13(18)16(8-10)9-11-7-15-12-4-2-3-5-17(11)12/h2-5,7,10H,6,8-9H2,1H3. The van der Waals surface area contributed by atoms with Crippen LogP contribution in [0.25, 0.3) is 5.65 Å². The van der Waals surface area contributed by atoms with E-state index in [0.717, 1.165) is 11.3 Å². The lowest BCUT2D eigenvalue weighted by molar-refractivity contribution is -0.145. The molecule has 0 aliphatic carbocycles. The molecule has 1 fully saturated rings. The van der Waals surface area contributed by atoms with Crippen LogP contribution >= 0.6 is 0 Å². The second-order valence-electron chi connectivity index (χ2n) is 4.88. The van der Waals surface area contributed by atoms with Gasteiger partial charge in [-0.15, -0.1) is 0 Å². The Bertz CT molecular complexity index is 664. The van der Waals surface area contributed by atoms with Gasteiger partial charge in [-0.1, -0.05) is 6.07 Å². The van der Waals surface area contributed by atoms with Crippen LogP contribution in [0.4, 0.5) is 0 Å². The lowest BCUT2D eigenvalue weighted by atomic mass is 10.1. The fraction of sp³-hybridized carbons (Fsp3) is 0.357. The first-order valence-corrected chi connectivity index (χ1v) is 6.45. The molecule has 2 aromatic rings. The van der Waals surface area contributed by atoms with Crippen LogP contribution in [0.1, 0.15) is 12.1 Å². The van der Waals surface area contributed by atoms with Crippen molar-refractivity contribution in [1.29, 1.82) is 0 Å². The minimum absolute atomic E-state index is 0.0220. The molecule has 3 heterocycles. The van der Waals surface area contributed by atoms with E-state index in [9.17, 15) is 9.59 Å². The molecule has 6 heteroatoms. The van der Waals surface area contributed by atoms with Crippen LogP contribution in [0.5, 0.6) is 0 Å².